The molecule has 152 valence electrons. The van der Waals surface area contributed by atoms with E-state index in [0.717, 1.165) is 6.42 Å². The number of hydrogen-bond acceptors (Lipinski definition) is 5. The molecule has 0 saturated heterocycles. The van der Waals surface area contributed by atoms with Crippen LogP contribution in [0.25, 0.3) is 11.0 Å². The van der Waals surface area contributed by atoms with Gasteiger partial charge in [0.1, 0.15) is 0 Å². The molecule has 4 aromatic rings. The van der Waals surface area contributed by atoms with E-state index in [1.54, 1.807) is 6.07 Å². The molecular formula is C22H19ClN4O2S. The molecular weight excluding hydrogens is 420 g/mol. The Kier molecular flexibility index (Phi) is 5.83. The van der Waals surface area contributed by atoms with Gasteiger partial charge in [0.05, 0.1) is 15.9 Å². The molecule has 0 spiro atoms. The third-order valence-corrected chi connectivity index (χ3v) is 6.08. The van der Waals surface area contributed by atoms with E-state index in [0.29, 0.717) is 28.4 Å². The number of anilines is 2. The first-order chi connectivity index (χ1) is 14.5. The quantitative estimate of drug-likeness (QED) is 0.435. The molecule has 4 rings (SSSR count). The molecule has 6 nitrogen and oxygen atoms in total. The van der Waals surface area contributed by atoms with Gasteiger partial charge in [-0.2, -0.15) is 0 Å². The first-order valence-corrected chi connectivity index (χ1v) is 11.2. The van der Waals surface area contributed by atoms with Crippen LogP contribution in [-0.2, 0) is 16.4 Å². The first kappa shape index (κ1) is 20.1. The summed E-state index contributed by atoms with van der Waals surface area (Å²) in [5.41, 5.74) is 2.44. The zero-order valence-electron chi connectivity index (χ0n) is 15.9. The molecule has 0 unspecified atom stereocenters. The predicted octanol–water partition coefficient (Wildman–Crippen LogP) is 4.74. The van der Waals surface area contributed by atoms with Gasteiger partial charge in [-0.15, -0.1) is 0 Å². The Labute approximate surface area is 180 Å². The highest BCUT2D eigenvalue weighted by molar-refractivity contribution is 7.92. The Hall–Kier alpha value is -3.16. The van der Waals surface area contributed by atoms with Gasteiger partial charge in [-0.3, -0.25) is 4.72 Å². The Morgan fingerprint density at radius 1 is 0.767 bits per heavy atom. The minimum absolute atomic E-state index is 0.0945. The number of hydrogen-bond donors (Lipinski definition) is 2. The number of benzene rings is 3. The molecule has 2 N–H and O–H groups in total. The van der Waals surface area contributed by atoms with Crippen LogP contribution >= 0.6 is 11.6 Å². The van der Waals surface area contributed by atoms with Crippen LogP contribution in [0.1, 0.15) is 5.56 Å². The van der Waals surface area contributed by atoms with Crippen LogP contribution in [0.3, 0.4) is 0 Å². The standard InChI is InChI=1S/C22H19ClN4O2S/c23-17-10-12-18(13-11-17)30(28,29)27-22-21(24-15-14-16-6-2-1-3-7-16)25-19-8-4-5-9-20(19)26-22/h1-13H,14-15H2,(H,24,25)(H,26,27). The van der Waals surface area contributed by atoms with E-state index < -0.39 is 10.0 Å². The Bertz CT molecular complexity index is 1260. The lowest BCUT2D eigenvalue weighted by Crippen LogP contribution is -2.17. The van der Waals surface area contributed by atoms with Crippen molar-refractivity contribution in [3.63, 3.8) is 0 Å². The summed E-state index contributed by atoms with van der Waals surface area (Å²) in [4.78, 5) is 9.16. The van der Waals surface area contributed by atoms with Crippen molar-refractivity contribution >= 4 is 44.3 Å². The number of fused-ring (bicyclic) bond motifs is 1. The lowest BCUT2D eigenvalue weighted by Gasteiger charge is -2.14. The zero-order valence-corrected chi connectivity index (χ0v) is 17.5. The first-order valence-electron chi connectivity index (χ1n) is 9.34. The summed E-state index contributed by atoms with van der Waals surface area (Å²) >= 11 is 5.87. The number of halogens is 1. The highest BCUT2D eigenvalue weighted by Crippen LogP contribution is 2.25. The Morgan fingerprint density at radius 3 is 2.03 bits per heavy atom. The van der Waals surface area contributed by atoms with Crippen molar-refractivity contribution in [1.82, 2.24) is 9.97 Å². The number of nitrogens with one attached hydrogen (secondary N) is 2. The molecule has 1 heterocycles. The fourth-order valence-electron chi connectivity index (χ4n) is 2.96. The molecule has 0 saturated carbocycles. The average Bonchev–Trinajstić information content (AvgIpc) is 2.75. The molecule has 0 radical (unpaired) electrons. The van der Waals surface area contributed by atoms with Crippen molar-refractivity contribution in [3.8, 4) is 0 Å². The van der Waals surface area contributed by atoms with Crippen molar-refractivity contribution < 1.29 is 8.42 Å². The number of sulfonamides is 1. The fraction of sp³-hybridized carbons (Fsp3) is 0.0909. The van der Waals surface area contributed by atoms with E-state index in [2.05, 4.69) is 20.0 Å². The molecule has 0 bridgehead atoms. The van der Waals surface area contributed by atoms with Gasteiger partial charge < -0.3 is 5.32 Å². The van der Waals surface area contributed by atoms with Crippen molar-refractivity contribution in [2.24, 2.45) is 0 Å². The fourth-order valence-corrected chi connectivity index (χ4v) is 4.10. The van der Waals surface area contributed by atoms with Crippen LogP contribution in [0.2, 0.25) is 5.02 Å². The van der Waals surface area contributed by atoms with E-state index >= 15 is 0 Å². The molecule has 0 aliphatic heterocycles. The van der Waals surface area contributed by atoms with Crippen molar-refractivity contribution in [2.45, 2.75) is 11.3 Å². The topological polar surface area (TPSA) is 84.0 Å². The molecule has 3 aromatic carbocycles. The van der Waals surface area contributed by atoms with Crippen LogP contribution in [-0.4, -0.2) is 24.9 Å². The molecule has 0 aliphatic carbocycles. The van der Waals surface area contributed by atoms with Crippen molar-refractivity contribution in [1.29, 1.82) is 0 Å². The third kappa shape index (κ3) is 4.69. The summed E-state index contributed by atoms with van der Waals surface area (Å²) in [6.07, 6.45) is 0.763. The average molecular weight is 439 g/mol. The van der Waals surface area contributed by atoms with Gasteiger partial charge in [0, 0.05) is 11.6 Å². The van der Waals surface area contributed by atoms with E-state index in [9.17, 15) is 8.42 Å². The lowest BCUT2D eigenvalue weighted by molar-refractivity contribution is 0.601. The summed E-state index contributed by atoms with van der Waals surface area (Å²) < 4.78 is 28.2. The number of nitrogens with zero attached hydrogens (tertiary/aromatic N) is 2. The second-order valence-electron chi connectivity index (χ2n) is 6.63. The monoisotopic (exact) mass is 438 g/mol. The predicted molar refractivity (Wildman–Crippen MR) is 120 cm³/mol. The second-order valence-corrected chi connectivity index (χ2v) is 8.75. The van der Waals surface area contributed by atoms with Gasteiger partial charge >= 0.3 is 0 Å². The number of para-hydroxylation sites is 2. The summed E-state index contributed by atoms with van der Waals surface area (Å²) in [5.74, 6) is 0.527. The number of aromatic nitrogens is 2. The largest absolute Gasteiger partial charge is 0.367 e. The van der Waals surface area contributed by atoms with E-state index in [-0.39, 0.29) is 10.7 Å². The summed E-state index contributed by atoms with van der Waals surface area (Å²) in [7, 11) is -3.85. The maximum absolute atomic E-state index is 12.8. The summed E-state index contributed by atoms with van der Waals surface area (Å²) in [6.45, 7) is 0.576. The maximum Gasteiger partial charge on any atom is 0.263 e. The zero-order chi connectivity index (χ0) is 21.0. The van der Waals surface area contributed by atoms with E-state index in [1.807, 2.05) is 48.5 Å². The van der Waals surface area contributed by atoms with Crippen LogP contribution in [0, 0.1) is 0 Å². The van der Waals surface area contributed by atoms with Crippen molar-refractivity contribution in [3.05, 3.63) is 89.4 Å². The maximum atomic E-state index is 12.8. The van der Waals surface area contributed by atoms with Gasteiger partial charge in [-0.1, -0.05) is 54.1 Å². The van der Waals surface area contributed by atoms with Crippen LogP contribution < -0.4 is 10.0 Å². The second kappa shape index (κ2) is 8.69. The Morgan fingerprint density at radius 2 is 1.37 bits per heavy atom. The Balaban J connectivity index is 1.63. The van der Waals surface area contributed by atoms with Crippen LogP contribution in [0.15, 0.2) is 83.8 Å². The van der Waals surface area contributed by atoms with Gasteiger partial charge in [-0.25, -0.2) is 18.4 Å². The van der Waals surface area contributed by atoms with Crippen LogP contribution in [0.4, 0.5) is 11.6 Å². The molecule has 8 heteroatoms. The van der Waals surface area contributed by atoms with Gasteiger partial charge in [0.25, 0.3) is 10.0 Å². The van der Waals surface area contributed by atoms with E-state index in [4.69, 9.17) is 11.6 Å². The molecule has 0 atom stereocenters. The highest BCUT2D eigenvalue weighted by Gasteiger charge is 2.18. The summed E-state index contributed by atoms with van der Waals surface area (Å²) in [6, 6.07) is 23.3. The molecule has 30 heavy (non-hydrogen) atoms. The highest BCUT2D eigenvalue weighted by atomic mass is 35.5. The molecule has 1 aromatic heterocycles. The summed E-state index contributed by atoms with van der Waals surface area (Å²) in [5, 5.41) is 3.68. The molecule has 0 amide bonds. The minimum atomic E-state index is -3.85. The number of rotatable bonds is 7. The minimum Gasteiger partial charge on any atom is -0.367 e. The molecule has 0 aliphatic rings. The third-order valence-electron chi connectivity index (χ3n) is 4.47. The van der Waals surface area contributed by atoms with Gasteiger partial charge in [0.2, 0.25) is 0 Å². The normalized spacial score (nSPS) is 11.4. The van der Waals surface area contributed by atoms with Gasteiger partial charge in [0.15, 0.2) is 11.6 Å². The van der Waals surface area contributed by atoms with Gasteiger partial charge in [-0.05, 0) is 48.4 Å². The van der Waals surface area contributed by atoms with Crippen molar-refractivity contribution in [2.75, 3.05) is 16.6 Å². The SMILES string of the molecule is O=S(=O)(Nc1nc2ccccc2nc1NCCc1ccccc1)c1ccc(Cl)cc1. The lowest BCUT2D eigenvalue weighted by atomic mass is 10.1. The van der Waals surface area contributed by atoms with Crippen LogP contribution in [0.5, 0.6) is 0 Å². The van der Waals surface area contributed by atoms with E-state index in [1.165, 1.54) is 29.8 Å². The smallest absolute Gasteiger partial charge is 0.263 e. The molecule has 0 fully saturated rings.